The second-order valence-corrected chi connectivity index (χ2v) is 9.76. The standard InChI is InChI=1S/C31H26N8O2/c1-19-8-4-5-11-24(19)39-25(20(2)35-30(40)27-28(32)36-38-15-7-14-33-29(27)38)16-23-10-6-9-22(26(23)31(39)41)13-12-21-17-34-37(3)18-21/h4-11,14-18,20H,1-3H3,(H2,32,36)(H,35,40). The Bertz CT molecular complexity index is 2090. The van der Waals surface area contributed by atoms with Gasteiger partial charge in [-0.05, 0) is 49.1 Å². The number of amides is 1. The van der Waals surface area contributed by atoms with Crippen LogP contribution in [0.2, 0.25) is 0 Å². The van der Waals surface area contributed by atoms with Crippen LogP contribution >= 0.6 is 0 Å². The number of nitrogens with zero attached hydrogens (tertiary/aromatic N) is 6. The van der Waals surface area contributed by atoms with E-state index in [9.17, 15) is 9.59 Å². The number of pyridine rings is 1. The van der Waals surface area contributed by atoms with Gasteiger partial charge in [0.15, 0.2) is 11.5 Å². The zero-order chi connectivity index (χ0) is 28.7. The van der Waals surface area contributed by atoms with Gasteiger partial charge in [0.05, 0.1) is 28.9 Å². The molecular weight excluding hydrogens is 516 g/mol. The van der Waals surface area contributed by atoms with Crippen molar-refractivity contribution in [2.75, 3.05) is 5.73 Å². The fraction of sp³-hybridized carbons (Fsp3) is 0.129. The van der Waals surface area contributed by atoms with E-state index in [-0.39, 0.29) is 16.9 Å². The maximum absolute atomic E-state index is 14.3. The summed E-state index contributed by atoms with van der Waals surface area (Å²) in [4.78, 5) is 32.0. The predicted molar refractivity (Wildman–Crippen MR) is 157 cm³/mol. The van der Waals surface area contributed by atoms with Crippen LogP contribution in [-0.2, 0) is 7.05 Å². The number of rotatable bonds is 4. The first-order valence-electron chi connectivity index (χ1n) is 13.0. The van der Waals surface area contributed by atoms with Gasteiger partial charge in [-0.15, -0.1) is 5.10 Å². The largest absolute Gasteiger partial charge is 0.381 e. The Labute approximate surface area is 235 Å². The molecule has 10 heteroatoms. The number of carbonyl (C=O) groups is 1. The lowest BCUT2D eigenvalue weighted by atomic mass is 10.0. The van der Waals surface area contributed by atoms with Crippen molar-refractivity contribution in [2.45, 2.75) is 19.9 Å². The van der Waals surface area contributed by atoms with E-state index in [1.54, 1.807) is 33.9 Å². The molecule has 0 fully saturated rings. The molecule has 2 aromatic carbocycles. The van der Waals surface area contributed by atoms with Gasteiger partial charge in [-0.25, -0.2) is 9.50 Å². The monoisotopic (exact) mass is 542 g/mol. The molecule has 0 spiro atoms. The van der Waals surface area contributed by atoms with E-state index in [0.717, 1.165) is 11.1 Å². The normalized spacial score (nSPS) is 11.8. The van der Waals surface area contributed by atoms with E-state index < -0.39 is 11.9 Å². The fourth-order valence-corrected chi connectivity index (χ4v) is 4.96. The van der Waals surface area contributed by atoms with Crippen LogP contribution in [0.1, 0.15) is 45.7 Å². The summed E-state index contributed by atoms with van der Waals surface area (Å²) in [6.45, 7) is 3.77. The van der Waals surface area contributed by atoms with Crippen molar-refractivity contribution in [1.82, 2.24) is 34.3 Å². The minimum absolute atomic E-state index is 0.0695. The summed E-state index contributed by atoms with van der Waals surface area (Å²) in [5.74, 6) is 5.89. The maximum atomic E-state index is 14.3. The van der Waals surface area contributed by atoms with Gasteiger partial charge in [-0.2, -0.15) is 5.10 Å². The lowest BCUT2D eigenvalue weighted by molar-refractivity contribution is 0.0941. The molecule has 6 rings (SSSR count). The Morgan fingerprint density at radius 1 is 1.10 bits per heavy atom. The Kier molecular flexibility index (Phi) is 6.32. The van der Waals surface area contributed by atoms with E-state index in [4.69, 9.17) is 5.73 Å². The third kappa shape index (κ3) is 4.59. The van der Waals surface area contributed by atoms with Crippen LogP contribution in [0.4, 0.5) is 5.82 Å². The highest BCUT2D eigenvalue weighted by molar-refractivity contribution is 6.04. The molecule has 4 heterocycles. The predicted octanol–water partition coefficient (Wildman–Crippen LogP) is 3.55. The average molecular weight is 543 g/mol. The Morgan fingerprint density at radius 2 is 1.93 bits per heavy atom. The summed E-state index contributed by atoms with van der Waals surface area (Å²) in [7, 11) is 1.83. The van der Waals surface area contributed by atoms with Gasteiger partial charge in [-0.3, -0.25) is 18.8 Å². The zero-order valence-electron chi connectivity index (χ0n) is 22.7. The zero-order valence-corrected chi connectivity index (χ0v) is 22.7. The van der Waals surface area contributed by atoms with Crippen LogP contribution in [0.3, 0.4) is 0 Å². The minimum atomic E-state index is -0.581. The molecule has 0 bridgehead atoms. The summed E-state index contributed by atoms with van der Waals surface area (Å²) in [6.07, 6.45) is 6.74. The summed E-state index contributed by atoms with van der Waals surface area (Å²) in [5, 5.41) is 12.6. The maximum Gasteiger partial charge on any atom is 0.264 e. The Hall–Kier alpha value is -5.69. The summed E-state index contributed by atoms with van der Waals surface area (Å²) >= 11 is 0. The number of anilines is 1. The molecule has 1 atom stereocenters. The number of nitrogen functional groups attached to an aromatic ring is 1. The molecule has 202 valence electrons. The Balaban J connectivity index is 1.50. The third-order valence-corrected chi connectivity index (χ3v) is 6.92. The summed E-state index contributed by atoms with van der Waals surface area (Å²) in [5.41, 5.74) is 9.95. The number of fused-ring (bicyclic) bond motifs is 2. The van der Waals surface area contributed by atoms with Crippen LogP contribution in [0, 0.1) is 18.8 Å². The smallest absolute Gasteiger partial charge is 0.264 e. The van der Waals surface area contributed by atoms with Crippen LogP contribution in [0.25, 0.3) is 22.1 Å². The number of para-hydroxylation sites is 1. The minimum Gasteiger partial charge on any atom is -0.381 e. The van der Waals surface area contributed by atoms with Gasteiger partial charge >= 0.3 is 0 Å². The number of hydrogen-bond donors (Lipinski definition) is 2. The molecule has 1 unspecified atom stereocenters. The van der Waals surface area contributed by atoms with Gasteiger partial charge in [0, 0.05) is 36.9 Å². The molecule has 3 N–H and O–H groups in total. The lowest BCUT2D eigenvalue weighted by Gasteiger charge is -2.22. The highest BCUT2D eigenvalue weighted by atomic mass is 16.2. The van der Waals surface area contributed by atoms with E-state index >= 15 is 0 Å². The summed E-state index contributed by atoms with van der Waals surface area (Å²) in [6, 6.07) is 16.2. The number of carbonyl (C=O) groups excluding carboxylic acids is 1. The van der Waals surface area contributed by atoms with Crippen molar-refractivity contribution >= 4 is 28.1 Å². The van der Waals surface area contributed by atoms with Gasteiger partial charge in [0.1, 0.15) is 5.56 Å². The summed E-state index contributed by atoms with van der Waals surface area (Å²) < 4.78 is 4.79. The van der Waals surface area contributed by atoms with Crippen LogP contribution in [-0.4, -0.2) is 34.9 Å². The highest BCUT2D eigenvalue weighted by Gasteiger charge is 2.24. The molecule has 0 saturated carbocycles. The topological polar surface area (TPSA) is 125 Å². The van der Waals surface area contributed by atoms with Gasteiger partial charge in [-0.1, -0.05) is 42.2 Å². The van der Waals surface area contributed by atoms with E-state index in [0.29, 0.717) is 33.4 Å². The third-order valence-electron chi connectivity index (χ3n) is 6.92. The second kappa shape index (κ2) is 10.1. The van der Waals surface area contributed by atoms with Crippen molar-refractivity contribution in [2.24, 2.45) is 7.05 Å². The first-order chi connectivity index (χ1) is 19.8. The van der Waals surface area contributed by atoms with Crippen LogP contribution in [0.15, 0.2) is 84.2 Å². The molecular formula is C31H26N8O2. The van der Waals surface area contributed by atoms with Crippen LogP contribution < -0.4 is 16.6 Å². The van der Waals surface area contributed by atoms with Crippen molar-refractivity contribution in [1.29, 1.82) is 0 Å². The molecule has 4 aromatic heterocycles. The first-order valence-corrected chi connectivity index (χ1v) is 13.0. The number of benzene rings is 2. The van der Waals surface area contributed by atoms with Crippen molar-refractivity contribution < 1.29 is 4.79 Å². The molecule has 0 aliphatic rings. The quantitative estimate of drug-likeness (QED) is 0.328. The van der Waals surface area contributed by atoms with Gasteiger partial charge in [0.25, 0.3) is 11.5 Å². The first kappa shape index (κ1) is 25.6. The van der Waals surface area contributed by atoms with Crippen molar-refractivity contribution in [3.8, 4) is 17.5 Å². The number of nitrogens with one attached hydrogen (secondary N) is 1. The second-order valence-electron chi connectivity index (χ2n) is 9.76. The number of aromatic nitrogens is 6. The van der Waals surface area contributed by atoms with Gasteiger partial charge < -0.3 is 11.1 Å². The van der Waals surface area contributed by atoms with Gasteiger partial charge in [0.2, 0.25) is 0 Å². The molecule has 1 amide bonds. The molecule has 6 aromatic rings. The molecule has 0 radical (unpaired) electrons. The SMILES string of the molecule is Cc1ccccc1-n1c(C(C)NC(=O)c2c(N)nn3cccnc23)cc2cccc(C#Cc3cnn(C)c3)c2c1=O. The average Bonchev–Trinajstić information content (AvgIpc) is 3.53. The number of aryl methyl sites for hydroxylation is 2. The van der Waals surface area contributed by atoms with E-state index in [1.165, 1.54) is 4.52 Å². The van der Waals surface area contributed by atoms with Crippen LogP contribution in [0.5, 0.6) is 0 Å². The number of nitrogens with two attached hydrogens (primary N) is 1. The molecule has 41 heavy (non-hydrogen) atoms. The Morgan fingerprint density at radius 3 is 2.71 bits per heavy atom. The van der Waals surface area contributed by atoms with Crippen molar-refractivity contribution in [3.05, 3.63) is 118 Å². The molecule has 10 nitrogen and oxygen atoms in total. The fourth-order valence-electron chi connectivity index (χ4n) is 4.96. The molecule has 0 aliphatic carbocycles. The van der Waals surface area contributed by atoms with E-state index in [1.807, 2.05) is 75.6 Å². The van der Waals surface area contributed by atoms with Crippen molar-refractivity contribution in [3.63, 3.8) is 0 Å². The number of hydrogen-bond acceptors (Lipinski definition) is 6. The molecule has 0 saturated heterocycles. The van der Waals surface area contributed by atoms with E-state index in [2.05, 4.69) is 32.3 Å². The highest BCUT2D eigenvalue weighted by Crippen LogP contribution is 2.25. The molecule has 0 aliphatic heterocycles. The lowest BCUT2D eigenvalue weighted by Crippen LogP contribution is -2.32.